The first-order valence-electron chi connectivity index (χ1n) is 12.3. The first kappa shape index (κ1) is 24.2. The molecule has 1 aliphatic heterocycles. The Morgan fingerprint density at radius 3 is 2.61 bits per heavy atom. The number of hydrogen-bond donors (Lipinski definition) is 1. The number of amides is 1. The van der Waals surface area contributed by atoms with Gasteiger partial charge in [0.1, 0.15) is 6.33 Å². The summed E-state index contributed by atoms with van der Waals surface area (Å²) in [5.74, 6) is 1.10. The van der Waals surface area contributed by atoms with Crippen molar-refractivity contribution < 1.29 is 23.4 Å². The number of rotatable bonds is 8. The van der Waals surface area contributed by atoms with Crippen molar-refractivity contribution in [2.45, 2.75) is 32.6 Å². The Morgan fingerprint density at radius 1 is 1.14 bits per heavy atom. The van der Waals surface area contributed by atoms with E-state index in [1.54, 1.807) is 25.3 Å². The van der Waals surface area contributed by atoms with Crippen molar-refractivity contribution in [2.24, 2.45) is 11.3 Å². The Balaban J connectivity index is 1.35. The number of hydrogen-bond acceptors (Lipinski definition) is 7. The molecule has 8 nitrogen and oxygen atoms in total. The van der Waals surface area contributed by atoms with Gasteiger partial charge in [-0.05, 0) is 69.9 Å². The summed E-state index contributed by atoms with van der Waals surface area (Å²) in [5, 5.41) is 3.36. The summed E-state index contributed by atoms with van der Waals surface area (Å²) in [4.78, 5) is 23.2. The Bertz CT molecular complexity index is 1270. The molecule has 2 heterocycles. The van der Waals surface area contributed by atoms with Crippen molar-refractivity contribution >= 4 is 22.5 Å². The van der Waals surface area contributed by atoms with Gasteiger partial charge >= 0.3 is 0 Å². The quantitative estimate of drug-likeness (QED) is 0.470. The zero-order chi connectivity index (χ0) is 25.3. The van der Waals surface area contributed by atoms with Crippen LogP contribution in [0.4, 0.5) is 10.1 Å². The average Bonchev–Trinajstić information content (AvgIpc) is 3.63. The molecule has 190 valence electrons. The maximum atomic E-state index is 14.9. The zero-order valence-corrected chi connectivity index (χ0v) is 20.8. The van der Waals surface area contributed by atoms with E-state index < -0.39 is 5.82 Å². The van der Waals surface area contributed by atoms with Crippen LogP contribution in [-0.4, -0.2) is 54.6 Å². The molecule has 2 aliphatic rings. The summed E-state index contributed by atoms with van der Waals surface area (Å²) in [7, 11) is 3.72. The lowest BCUT2D eigenvalue weighted by molar-refractivity contribution is -0.120. The van der Waals surface area contributed by atoms with Gasteiger partial charge in [-0.25, -0.2) is 14.4 Å². The van der Waals surface area contributed by atoms with Crippen LogP contribution < -0.4 is 19.5 Å². The number of halogens is 1. The van der Waals surface area contributed by atoms with Crippen LogP contribution in [0.3, 0.4) is 0 Å². The fraction of sp³-hybridized carbons (Fsp3) is 0.444. The number of nitrogens with one attached hydrogen (secondary N) is 1. The second kappa shape index (κ2) is 9.89. The highest BCUT2D eigenvalue weighted by Crippen LogP contribution is 2.46. The van der Waals surface area contributed by atoms with Crippen LogP contribution in [-0.2, 0) is 4.79 Å². The zero-order valence-electron chi connectivity index (χ0n) is 20.8. The second-order valence-electron chi connectivity index (χ2n) is 10.0. The van der Waals surface area contributed by atoms with Crippen LogP contribution in [0.5, 0.6) is 23.1 Å². The summed E-state index contributed by atoms with van der Waals surface area (Å²) in [6.07, 6.45) is 5.21. The van der Waals surface area contributed by atoms with E-state index >= 15 is 0 Å². The molecule has 1 aliphatic carbocycles. The molecule has 1 saturated heterocycles. The topological polar surface area (TPSA) is 85.8 Å². The Hall–Kier alpha value is -3.46. The molecule has 0 radical (unpaired) electrons. The number of piperidine rings is 1. The molecule has 0 spiro atoms. The maximum Gasteiger partial charge on any atom is 0.230 e. The van der Waals surface area contributed by atoms with E-state index in [9.17, 15) is 9.18 Å². The molecular formula is C27H31FN4O4. The highest BCUT2D eigenvalue weighted by atomic mass is 19.1. The number of fused-ring (bicyclic) bond motifs is 1. The van der Waals surface area contributed by atoms with E-state index in [1.807, 2.05) is 6.92 Å². The third kappa shape index (κ3) is 5.21. The van der Waals surface area contributed by atoms with E-state index in [-0.39, 0.29) is 23.0 Å². The molecule has 1 N–H and O–H groups in total. The molecule has 36 heavy (non-hydrogen) atoms. The molecule has 0 unspecified atom stereocenters. The molecule has 9 heteroatoms. The largest absolute Gasteiger partial charge is 0.493 e. The number of likely N-dealkylation sites (tertiary alicyclic amines) is 1. The van der Waals surface area contributed by atoms with Crippen molar-refractivity contribution in [1.82, 2.24) is 14.9 Å². The molecule has 1 aromatic heterocycles. The van der Waals surface area contributed by atoms with Gasteiger partial charge in [0.25, 0.3) is 0 Å². The number of carbonyl (C=O) groups is 1. The number of aromatic nitrogens is 2. The van der Waals surface area contributed by atoms with Crippen LogP contribution in [0.2, 0.25) is 0 Å². The molecule has 0 atom stereocenters. The average molecular weight is 495 g/mol. The summed E-state index contributed by atoms with van der Waals surface area (Å²) < 4.78 is 32.4. The lowest BCUT2D eigenvalue weighted by Crippen LogP contribution is -2.32. The molecule has 5 rings (SSSR count). The highest BCUT2D eigenvalue weighted by Gasteiger charge is 2.44. The molecular weight excluding hydrogens is 463 g/mol. The first-order chi connectivity index (χ1) is 17.3. The normalized spacial score (nSPS) is 17.6. The number of nitrogens with zero attached hydrogens (tertiary/aromatic N) is 3. The fourth-order valence-electron chi connectivity index (χ4n) is 4.29. The molecule has 1 saturated carbocycles. The molecule has 1 amide bonds. The van der Waals surface area contributed by atoms with Gasteiger partial charge in [-0.2, -0.15) is 0 Å². The molecule has 2 fully saturated rings. The predicted molar refractivity (Wildman–Crippen MR) is 134 cm³/mol. The van der Waals surface area contributed by atoms with Crippen molar-refractivity contribution in [3.8, 4) is 23.1 Å². The van der Waals surface area contributed by atoms with Crippen LogP contribution in [0.15, 0.2) is 36.7 Å². The minimum atomic E-state index is -0.604. The monoisotopic (exact) mass is 494 g/mol. The van der Waals surface area contributed by atoms with Crippen molar-refractivity contribution in [3.05, 3.63) is 42.5 Å². The molecule has 0 bridgehead atoms. The minimum Gasteiger partial charge on any atom is -0.493 e. The van der Waals surface area contributed by atoms with E-state index in [4.69, 9.17) is 14.2 Å². The Morgan fingerprint density at radius 2 is 1.92 bits per heavy atom. The van der Waals surface area contributed by atoms with Crippen LogP contribution in [0, 0.1) is 17.2 Å². The maximum absolute atomic E-state index is 14.9. The van der Waals surface area contributed by atoms with Gasteiger partial charge in [0, 0.05) is 23.2 Å². The van der Waals surface area contributed by atoms with E-state index in [0.717, 1.165) is 38.8 Å². The third-order valence-corrected chi connectivity index (χ3v) is 7.14. The Labute approximate surface area is 209 Å². The van der Waals surface area contributed by atoms with Crippen molar-refractivity contribution in [2.75, 3.05) is 39.2 Å². The summed E-state index contributed by atoms with van der Waals surface area (Å²) in [6.45, 7) is 4.60. The summed E-state index contributed by atoms with van der Waals surface area (Å²) in [6, 6.07) is 7.89. The van der Waals surface area contributed by atoms with Gasteiger partial charge in [-0.1, -0.05) is 6.92 Å². The van der Waals surface area contributed by atoms with Crippen LogP contribution >= 0.6 is 0 Å². The smallest absolute Gasteiger partial charge is 0.230 e. The SMILES string of the molecule is COc1cc2ncnc(Oc3ccc(NC(=O)C4(C)CC4)cc3F)c2cc1OCC1CCN(C)CC1. The molecule has 3 aromatic rings. The number of anilines is 1. The Kier molecular flexibility index (Phi) is 6.66. The van der Waals surface area contributed by atoms with E-state index in [0.29, 0.717) is 40.6 Å². The van der Waals surface area contributed by atoms with Gasteiger partial charge in [0.2, 0.25) is 11.8 Å². The van der Waals surface area contributed by atoms with Crippen LogP contribution in [0.1, 0.15) is 32.6 Å². The number of benzene rings is 2. The standard InChI is InChI=1S/C27H31FN4O4/c1-27(8-9-27)26(33)31-18-4-5-22(20(28)12-18)36-25-19-13-24(23(34-3)14-21(19)29-16-30-25)35-15-17-6-10-32(2)11-7-17/h4-5,12-14,16-17H,6-11,15H2,1-3H3,(H,31,33). The lowest BCUT2D eigenvalue weighted by atomic mass is 9.98. The van der Waals surface area contributed by atoms with Crippen LogP contribution in [0.25, 0.3) is 10.9 Å². The summed E-state index contributed by atoms with van der Waals surface area (Å²) >= 11 is 0. The molecule has 2 aromatic carbocycles. The van der Waals surface area contributed by atoms with Gasteiger partial charge < -0.3 is 24.4 Å². The van der Waals surface area contributed by atoms with E-state index in [2.05, 4.69) is 27.2 Å². The minimum absolute atomic E-state index is 0.00440. The van der Waals surface area contributed by atoms with Gasteiger partial charge in [-0.3, -0.25) is 4.79 Å². The van der Waals surface area contributed by atoms with Crippen molar-refractivity contribution in [1.29, 1.82) is 0 Å². The van der Waals surface area contributed by atoms with Gasteiger partial charge in [-0.15, -0.1) is 0 Å². The second-order valence-corrected chi connectivity index (χ2v) is 10.0. The number of methoxy groups -OCH3 is 1. The lowest BCUT2D eigenvalue weighted by Gasteiger charge is -2.28. The number of ether oxygens (including phenoxy) is 3. The van der Waals surface area contributed by atoms with Gasteiger partial charge in [0.05, 0.1) is 24.6 Å². The third-order valence-electron chi connectivity index (χ3n) is 7.14. The van der Waals surface area contributed by atoms with E-state index in [1.165, 1.54) is 18.5 Å². The van der Waals surface area contributed by atoms with Crippen molar-refractivity contribution in [3.63, 3.8) is 0 Å². The fourth-order valence-corrected chi connectivity index (χ4v) is 4.29. The van der Waals surface area contributed by atoms with Gasteiger partial charge in [0.15, 0.2) is 23.1 Å². The number of carbonyl (C=O) groups excluding carboxylic acids is 1. The summed E-state index contributed by atoms with van der Waals surface area (Å²) in [5.41, 5.74) is 0.630. The first-order valence-corrected chi connectivity index (χ1v) is 12.3. The highest BCUT2D eigenvalue weighted by molar-refractivity contribution is 5.96. The predicted octanol–water partition coefficient (Wildman–Crippen LogP) is 5.03.